The summed E-state index contributed by atoms with van der Waals surface area (Å²) in [6.45, 7) is 17.4. The summed E-state index contributed by atoms with van der Waals surface area (Å²) in [5.41, 5.74) is 2.40. The molecule has 4 fully saturated rings. The second-order valence-electron chi connectivity index (χ2n) is 18.4. The van der Waals surface area contributed by atoms with E-state index >= 15 is 0 Å². The van der Waals surface area contributed by atoms with Crippen molar-refractivity contribution in [3.63, 3.8) is 0 Å². The quantitative estimate of drug-likeness (QED) is 0.178. The molecule has 0 N–H and O–H groups in total. The molecule has 11 atom stereocenters. The van der Waals surface area contributed by atoms with E-state index < -0.39 is 77.8 Å². The molecule has 0 amide bonds. The molecule has 1 saturated heterocycles. The number of methoxy groups -OCH3 is 1. The van der Waals surface area contributed by atoms with Crippen LogP contribution >= 0.6 is 0 Å². The SMILES string of the molecule is CC[C@@]12CC[C@@]3(C)C4=CC(=O)C(OC5OC(COC(C)=O)C(OC(C)=O)C(OC(C)=O)C5OC(C)=O)=C(C)C4=CC=C3[C@@]1(C)CC[C@@]1(C)CC[C@@](C)(C(=O)OC)C[C@H]12. The number of hydrogen-bond donors (Lipinski definition) is 0. The van der Waals surface area contributed by atoms with Gasteiger partial charge in [-0.3, -0.25) is 28.8 Å². The molecule has 0 radical (unpaired) electrons. The number of ether oxygens (including phenoxy) is 7. The van der Waals surface area contributed by atoms with Gasteiger partial charge in [-0.15, -0.1) is 0 Å². The molecule has 1 aliphatic heterocycles. The molecular formula is C45H60O13. The minimum Gasteiger partial charge on any atom is -0.469 e. The predicted molar refractivity (Wildman–Crippen MR) is 208 cm³/mol. The van der Waals surface area contributed by atoms with Gasteiger partial charge in [-0.1, -0.05) is 45.4 Å². The maximum absolute atomic E-state index is 14.4. The third-order valence-corrected chi connectivity index (χ3v) is 15.0. The molecule has 58 heavy (non-hydrogen) atoms. The second-order valence-corrected chi connectivity index (χ2v) is 18.4. The van der Waals surface area contributed by atoms with Crippen molar-refractivity contribution >= 4 is 35.6 Å². The van der Waals surface area contributed by atoms with Crippen LogP contribution in [-0.4, -0.2) is 80.1 Å². The van der Waals surface area contributed by atoms with Crippen LogP contribution in [-0.2, 0) is 61.9 Å². The van der Waals surface area contributed by atoms with Gasteiger partial charge in [0.1, 0.15) is 12.7 Å². The lowest BCUT2D eigenvalue weighted by molar-refractivity contribution is -0.299. The zero-order valence-corrected chi connectivity index (χ0v) is 35.9. The molecule has 0 aromatic heterocycles. The Morgan fingerprint density at radius 3 is 2.02 bits per heavy atom. The first-order valence-electron chi connectivity index (χ1n) is 20.6. The summed E-state index contributed by atoms with van der Waals surface area (Å²) in [6, 6.07) is 0. The van der Waals surface area contributed by atoms with Crippen LogP contribution in [0.1, 0.15) is 121 Å². The van der Waals surface area contributed by atoms with Crippen LogP contribution in [0, 0.1) is 33.0 Å². The number of allylic oxidation sites excluding steroid dienone is 7. The first-order chi connectivity index (χ1) is 27.1. The van der Waals surface area contributed by atoms with Crippen LogP contribution in [0.15, 0.2) is 46.3 Å². The molecule has 5 aliphatic carbocycles. The van der Waals surface area contributed by atoms with Crippen molar-refractivity contribution in [1.82, 2.24) is 0 Å². The minimum absolute atomic E-state index is 0.0565. The highest BCUT2D eigenvalue weighted by atomic mass is 16.7. The van der Waals surface area contributed by atoms with E-state index in [2.05, 4.69) is 46.8 Å². The van der Waals surface area contributed by atoms with Crippen molar-refractivity contribution in [2.24, 2.45) is 33.0 Å². The summed E-state index contributed by atoms with van der Waals surface area (Å²) in [7, 11) is 1.49. The molecule has 0 aromatic carbocycles. The number of ketones is 1. The Morgan fingerprint density at radius 2 is 1.41 bits per heavy atom. The second kappa shape index (κ2) is 15.4. The Hall–Kier alpha value is -4.26. The van der Waals surface area contributed by atoms with Gasteiger partial charge in [0.15, 0.2) is 18.0 Å². The summed E-state index contributed by atoms with van der Waals surface area (Å²) in [5, 5.41) is 0. The average molecular weight is 809 g/mol. The molecule has 0 bridgehead atoms. The third kappa shape index (κ3) is 7.02. The summed E-state index contributed by atoms with van der Waals surface area (Å²) in [5.74, 6) is -3.25. The van der Waals surface area contributed by atoms with Gasteiger partial charge in [0.05, 0.1) is 12.5 Å². The number of hydrogen-bond acceptors (Lipinski definition) is 13. The standard InChI is InChI=1S/C45H60O13/c1-12-45-20-18-43(9)30-21-31(50)35(58-39-38(56-28(6)49)37(55-27(5)48)36(54-26(4)47)32(57-39)23-53-25(3)46)24(2)29(30)13-14-33(43)44(45,10)19-17-41(7)15-16-42(8,22-34(41)45)40(51)52-11/h13-14,21,32,34,36-39H,12,15-20,22-23H2,1-11H3/t32?,34-,36?,37?,38?,39?,41-,42-,43+,44-,45+/m1/s1. The lowest BCUT2D eigenvalue weighted by atomic mass is 9.33. The molecule has 1 heterocycles. The molecule has 0 spiro atoms. The fourth-order valence-corrected chi connectivity index (χ4v) is 12.0. The van der Waals surface area contributed by atoms with Crippen molar-refractivity contribution in [1.29, 1.82) is 0 Å². The summed E-state index contributed by atoms with van der Waals surface area (Å²) in [4.78, 5) is 76.5. The zero-order chi connectivity index (χ0) is 42.7. The number of esters is 5. The molecule has 13 nitrogen and oxygen atoms in total. The molecule has 13 heteroatoms. The van der Waals surface area contributed by atoms with Gasteiger partial charge >= 0.3 is 29.8 Å². The summed E-state index contributed by atoms with van der Waals surface area (Å²) < 4.78 is 39.8. The molecule has 3 saturated carbocycles. The van der Waals surface area contributed by atoms with Gasteiger partial charge in [0.25, 0.3) is 0 Å². The highest BCUT2D eigenvalue weighted by molar-refractivity contribution is 6.07. The number of carbonyl (C=O) groups excluding carboxylic acids is 6. The van der Waals surface area contributed by atoms with Crippen LogP contribution in [0.4, 0.5) is 0 Å². The highest BCUT2D eigenvalue weighted by Gasteiger charge is 2.68. The Morgan fingerprint density at radius 1 is 0.793 bits per heavy atom. The van der Waals surface area contributed by atoms with Crippen molar-refractivity contribution in [3.05, 3.63) is 46.3 Å². The first-order valence-corrected chi connectivity index (χ1v) is 20.6. The largest absolute Gasteiger partial charge is 0.469 e. The highest BCUT2D eigenvalue weighted by Crippen LogP contribution is 2.76. The maximum Gasteiger partial charge on any atom is 0.311 e. The Kier molecular flexibility index (Phi) is 11.5. The minimum atomic E-state index is -1.54. The maximum atomic E-state index is 14.4. The van der Waals surface area contributed by atoms with Gasteiger partial charge in [-0.2, -0.15) is 0 Å². The molecular weight excluding hydrogens is 748 g/mol. The lowest BCUT2D eigenvalue weighted by Gasteiger charge is -2.71. The van der Waals surface area contributed by atoms with Crippen LogP contribution in [0.5, 0.6) is 0 Å². The van der Waals surface area contributed by atoms with Crippen LogP contribution in [0.3, 0.4) is 0 Å². The number of fused-ring (bicyclic) bond motifs is 7. The van der Waals surface area contributed by atoms with Crippen LogP contribution < -0.4 is 0 Å². The summed E-state index contributed by atoms with van der Waals surface area (Å²) >= 11 is 0. The average Bonchev–Trinajstić information content (AvgIpc) is 3.14. The smallest absolute Gasteiger partial charge is 0.311 e. The number of carbonyl (C=O) groups is 6. The van der Waals surface area contributed by atoms with Gasteiger partial charge in [-0.05, 0) is 105 Å². The van der Waals surface area contributed by atoms with Gasteiger partial charge < -0.3 is 33.2 Å². The lowest BCUT2D eigenvalue weighted by Crippen LogP contribution is -2.63. The summed E-state index contributed by atoms with van der Waals surface area (Å²) in [6.07, 6.45) is 6.21. The fourth-order valence-electron chi connectivity index (χ4n) is 12.0. The van der Waals surface area contributed by atoms with Crippen molar-refractivity contribution in [2.75, 3.05) is 13.7 Å². The van der Waals surface area contributed by atoms with Gasteiger partial charge in [0.2, 0.25) is 18.2 Å². The molecule has 0 aromatic rings. The van der Waals surface area contributed by atoms with E-state index in [9.17, 15) is 28.8 Å². The van der Waals surface area contributed by atoms with E-state index in [1.54, 1.807) is 13.0 Å². The number of rotatable bonds is 9. The fraction of sp³-hybridized carbons (Fsp3) is 0.689. The Bertz CT molecular complexity index is 1910. The van der Waals surface area contributed by atoms with E-state index in [0.29, 0.717) is 11.5 Å². The van der Waals surface area contributed by atoms with Gasteiger partial charge in [-0.25, -0.2) is 0 Å². The zero-order valence-electron chi connectivity index (χ0n) is 35.9. The van der Waals surface area contributed by atoms with Crippen LogP contribution in [0.2, 0.25) is 0 Å². The molecule has 318 valence electrons. The first kappa shape index (κ1) is 43.3. The topological polar surface area (TPSA) is 167 Å². The van der Waals surface area contributed by atoms with Crippen LogP contribution in [0.25, 0.3) is 0 Å². The third-order valence-electron chi connectivity index (χ3n) is 15.0. The monoisotopic (exact) mass is 808 g/mol. The van der Waals surface area contributed by atoms with Gasteiger partial charge in [0, 0.05) is 38.7 Å². The molecule has 6 rings (SSSR count). The predicted octanol–water partition coefficient (Wildman–Crippen LogP) is 6.72. The van der Waals surface area contributed by atoms with Crippen molar-refractivity contribution in [2.45, 2.75) is 151 Å². The molecule has 5 unspecified atom stereocenters. The normalized spacial score (nSPS) is 39.2. The van der Waals surface area contributed by atoms with Crippen molar-refractivity contribution < 1.29 is 61.9 Å². The van der Waals surface area contributed by atoms with Crippen molar-refractivity contribution in [3.8, 4) is 0 Å². The van der Waals surface area contributed by atoms with E-state index in [4.69, 9.17) is 33.2 Å². The Labute approximate surface area is 341 Å². The van der Waals surface area contributed by atoms with E-state index in [1.807, 2.05) is 0 Å². The van der Waals surface area contributed by atoms with E-state index in [-0.39, 0.29) is 28.0 Å². The molecule has 6 aliphatic rings. The Balaban J connectivity index is 1.39. The van der Waals surface area contributed by atoms with E-state index in [1.165, 1.54) is 19.6 Å². The van der Waals surface area contributed by atoms with E-state index in [0.717, 1.165) is 83.3 Å².